The molecule has 3 rings (SSSR count). The van der Waals surface area contributed by atoms with Crippen LogP contribution in [0.1, 0.15) is 19.3 Å². The van der Waals surface area contributed by atoms with Crippen LogP contribution in [0.15, 0.2) is 23.7 Å². The van der Waals surface area contributed by atoms with Crippen LogP contribution in [0.3, 0.4) is 0 Å². The van der Waals surface area contributed by atoms with Crippen molar-refractivity contribution in [1.82, 2.24) is 4.98 Å². The maximum absolute atomic E-state index is 12.2. The van der Waals surface area contributed by atoms with E-state index >= 15 is 0 Å². The van der Waals surface area contributed by atoms with Gasteiger partial charge in [-0.2, -0.15) is 0 Å². The molecule has 1 heterocycles. The highest BCUT2D eigenvalue weighted by molar-refractivity contribution is 7.16. The summed E-state index contributed by atoms with van der Waals surface area (Å²) in [5.41, 5.74) is 3.35. The van der Waals surface area contributed by atoms with Crippen molar-refractivity contribution in [1.29, 1.82) is 0 Å². The SMILES string of the molecule is O=C(O)C1CCCC1C(=O)Nc1ccc2ncsc2c1. The Morgan fingerprint density at radius 2 is 2.10 bits per heavy atom. The van der Waals surface area contributed by atoms with Crippen LogP contribution in [0.2, 0.25) is 0 Å². The number of hydrogen-bond acceptors (Lipinski definition) is 4. The number of carbonyl (C=O) groups is 2. The Bertz CT molecular complexity index is 667. The number of aliphatic carboxylic acids is 1. The Balaban J connectivity index is 1.76. The van der Waals surface area contributed by atoms with Crippen LogP contribution >= 0.6 is 11.3 Å². The molecule has 1 fully saturated rings. The lowest BCUT2D eigenvalue weighted by atomic mass is 9.95. The molecule has 1 aromatic heterocycles. The average molecular weight is 290 g/mol. The smallest absolute Gasteiger partial charge is 0.307 e. The number of fused-ring (bicyclic) bond motifs is 1. The number of nitrogens with zero attached hydrogens (tertiary/aromatic N) is 1. The summed E-state index contributed by atoms with van der Waals surface area (Å²) in [6.45, 7) is 0. The van der Waals surface area contributed by atoms with Crippen molar-refractivity contribution in [2.75, 3.05) is 5.32 Å². The van der Waals surface area contributed by atoms with Gasteiger partial charge in [-0.3, -0.25) is 9.59 Å². The fourth-order valence-corrected chi connectivity index (χ4v) is 3.45. The third-order valence-electron chi connectivity index (χ3n) is 3.77. The minimum atomic E-state index is -0.874. The van der Waals surface area contributed by atoms with E-state index in [9.17, 15) is 9.59 Å². The quantitative estimate of drug-likeness (QED) is 0.911. The number of carbonyl (C=O) groups excluding carboxylic acids is 1. The summed E-state index contributed by atoms with van der Waals surface area (Å²) in [4.78, 5) is 27.5. The number of nitrogens with one attached hydrogen (secondary N) is 1. The highest BCUT2D eigenvalue weighted by Gasteiger charge is 2.37. The lowest BCUT2D eigenvalue weighted by Gasteiger charge is -2.15. The van der Waals surface area contributed by atoms with Gasteiger partial charge in [-0.25, -0.2) is 4.98 Å². The van der Waals surface area contributed by atoms with Crippen molar-refractivity contribution in [3.63, 3.8) is 0 Å². The van der Waals surface area contributed by atoms with Gasteiger partial charge in [0.15, 0.2) is 0 Å². The van der Waals surface area contributed by atoms with Crippen molar-refractivity contribution in [3.05, 3.63) is 23.7 Å². The molecule has 1 aliphatic rings. The van der Waals surface area contributed by atoms with Crippen molar-refractivity contribution >= 4 is 39.1 Å². The van der Waals surface area contributed by atoms with Crippen LogP contribution in [-0.4, -0.2) is 22.0 Å². The van der Waals surface area contributed by atoms with Crippen molar-refractivity contribution in [3.8, 4) is 0 Å². The number of rotatable bonds is 3. The molecular weight excluding hydrogens is 276 g/mol. The molecule has 1 aromatic carbocycles. The topological polar surface area (TPSA) is 79.3 Å². The lowest BCUT2D eigenvalue weighted by molar-refractivity contribution is -0.145. The molecule has 0 bridgehead atoms. The summed E-state index contributed by atoms with van der Waals surface area (Å²) < 4.78 is 1.00. The number of benzene rings is 1. The van der Waals surface area contributed by atoms with E-state index in [0.29, 0.717) is 18.5 Å². The Morgan fingerprint density at radius 1 is 1.30 bits per heavy atom. The largest absolute Gasteiger partial charge is 0.481 e. The third-order valence-corrected chi connectivity index (χ3v) is 4.56. The van der Waals surface area contributed by atoms with Crippen LogP contribution in [0.5, 0.6) is 0 Å². The average Bonchev–Trinajstić information content (AvgIpc) is 3.06. The Hall–Kier alpha value is -1.95. The van der Waals surface area contributed by atoms with Crippen LogP contribution in [-0.2, 0) is 9.59 Å². The van der Waals surface area contributed by atoms with E-state index in [1.54, 1.807) is 11.6 Å². The molecule has 2 aromatic rings. The minimum absolute atomic E-state index is 0.196. The van der Waals surface area contributed by atoms with E-state index in [1.807, 2.05) is 12.1 Å². The minimum Gasteiger partial charge on any atom is -0.481 e. The zero-order chi connectivity index (χ0) is 14.1. The second-order valence-corrected chi connectivity index (χ2v) is 5.89. The van der Waals surface area contributed by atoms with Gasteiger partial charge in [0.1, 0.15) is 0 Å². The standard InChI is InChI=1S/C14H14N2O3S/c17-13(9-2-1-3-10(9)14(18)19)16-8-4-5-11-12(6-8)20-7-15-11/h4-7,9-10H,1-3H2,(H,16,17)(H,18,19). The summed E-state index contributed by atoms with van der Waals surface area (Å²) in [6.07, 6.45) is 2.02. The second-order valence-electron chi connectivity index (χ2n) is 5.01. The zero-order valence-corrected chi connectivity index (χ0v) is 11.5. The number of aromatic nitrogens is 1. The van der Waals surface area contributed by atoms with Crippen LogP contribution < -0.4 is 5.32 Å². The maximum Gasteiger partial charge on any atom is 0.307 e. The number of carboxylic acids is 1. The molecule has 2 unspecified atom stereocenters. The van der Waals surface area contributed by atoms with E-state index in [0.717, 1.165) is 16.6 Å². The van der Waals surface area contributed by atoms with Gasteiger partial charge in [0, 0.05) is 5.69 Å². The fraction of sp³-hybridized carbons (Fsp3) is 0.357. The summed E-state index contributed by atoms with van der Waals surface area (Å²) in [5.74, 6) is -2.05. The first-order chi connectivity index (χ1) is 9.65. The van der Waals surface area contributed by atoms with E-state index in [2.05, 4.69) is 10.3 Å². The van der Waals surface area contributed by atoms with Gasteiger partial charge in [-0.15, -0.1) is 11.3 Å². The lowest BCUT2D eigenvalue weighted by Crippen LogP contribution is -2.29. The molecular formula is C14H14N2O3S. The third kappa shape index (κ3) is 2.38. The molecule has 1 saturated carbocycles. The number of carboxylic acid groups (broad SMARTS) is 1. The van der Waals surface area contributed by atoms with Gasteiger partial charge >= 0.3 is 5.97 Å². The van der Waals surface area contributed by atoms with Gasteiger partial charge in [-0.05, 0) is 31.0 Å². The molecule has 1 aliphatic carbocycles. The molecule has 0 radical (unpaired) electrons. The number of anilines is 1. The summed E-state index contributed by atoms with van der Waals surface area (Å²) in [5, 5.41) is 12.0. The first kappa shape index (κ1) is 13.1. The number of hydrogen-bond donors (Lipinski definition) is 2. The van der Waals surface area contributed by atoms with Gasteiger partial charge in [0.2, 0.25) is 5.91 Å². The normalized spacial score (nSPS) is 22.0. The molecule has 0 spiro atoms. The van der Waals surface area contributed by atoms with Crippen LogP contribution in [0, 0.1) is 11.8 Å². The van der Waals surface area contributed by atoms with Gasteiger partial charge in [0.25, 0.3) is 0 Å². The van der Waals surface area contributed by atoms with E-state index in [4.69, 9.17) is 5.11 Å². The Kier molecular flexibility index (Phi) is 3.40. The van der Waals surface area contributed by atoms with Crippen molar-refractivity contribution < 1.29 is 14.7 Å². The first-order valence-corrected chi connectivity index (χ1v) is 7.40. The maximum atomic E-state index is 12.2. The van der Waals surface area contributed by atoms with Crippen LogP contribution in [0.25, 0.3) is 10.2 Å². The molecule has 0 saturated heterocycles. The van der Waals surface area contributed by atoms with Crippen molar-refractivity contribution in [2.24, 2.45) is 11.8 Å². The summed E-state index contributed by atoms with van der Waals surface area (Å²) in [6, 6.07) is 5.52. The van der Waals surface area contributed by atoms with E-state index in [-0.39, 0.29) is 5.91 Å². The highest BCUT2D eigenvalue weighted by Crippen LogP contribution is 2.33. The predicted octanol–water partition coefficient (Wildman–Crippen LogP) is 2.74. The van der Waals surface area contributed by atoms with Gasteiger partial charge in [0.05, 0.1) is 27.6 Å². The first-order valence-electron chi connectivity index (χ1n) is 6.52. The molecule has 2 N–H and O–H groups in total. The molecule has 1 amide bonds. The fourth-order valence-electron chi connectivity index (χ4n) is 2.74. The summed E-state index contributed by atoms with van der Waals surface area (Å²) in [7, 11) is 0. The van der Waals surface area contributed by atoms with E-state index < -0.39 is 17.8 Å². The molecule has 104 valence electrons. The summed E-state index contributed by atoms with van der Waals surface area (Å²) >= 11 is 1.51. The van der Waals surface area contributed by atoms with Crippen molar-refractivity contribution in [2.45, 2.75) is 19.3 Å². The second kappa shape index (κ2) is 5.20. The molecule has 20 heavy (non-hydrogen) atoms. The molecule has 0 aliphatic heterocycles. The highest BCUT2D eigenvalue weighted by atomic mass is 32.1. The Labute approximate surface area is 119 Å². The predicted molar refractivity (Wildman–Crippen MR) is 76.7 cm³/mol. The molecule has 2 atom stereocenters. The van der Waals surface area contributed by atoms with Gasteiger partial charge in [-0.1, -0.05) is 6.42 Å². The van der Waals surface area contributed by atoms with Gasteiger partial charge < -0.3 is 10.4 Å². The van der Waals surface area contributed by atoms with Crippen LogP contribution in [0.4, 0.5) is 5.69 Å². The van der Waals surface area contributed by atoms with E-state index in [1.165, 1.54) is 11.3 Å². The molecule has 5 nitrogen and oxygen atoms in total. The zero-order valence-electron chi connectivity index (χ0n) is 10.7. The monoisotopic (exact) mass is 290 g/mol. The number of amides is 1. The molecule has 6 heteroatoms. The Morgan fingerprint density at radius 3 is 2.90 bits per heavy atom. The number of thiazole rings is 1.